The molecule has 4 saturated carbocycles. The molecule has 0 aromatic heterocycles. The highest BCUT2D eigenvalue weighted by molar-refractivity contribution is 5.85. The lowest BCUT2D eigenvalue weighted by atomic mass is 9.43. The Labute approximate surface area is 186 Å². The number of carbonyl (C=O) groups excluding carboxylic acids is 1. The number of nitrogens with zero attached hydrogens (tertiary/aromatic N) is 1. The fourth-order valence-corrected chi connectivity index (χ4v) is 8.70. The number of esters is 1. The third-order valence-electron chi connectivity index (χ3n) is 10.6. The van der Waals surface area contributed by atoms with Crippen LogP contribution >= 0.6 is 0 Å². The number of fused-ring (bicyclic) bond motifs is 5. The van der Waals surface area contributed by atoms with Crippen LogP contribution in [0, 0.1) is 46.3 Å². The molecule has 4 aliphatic rings. The molecule has 0 heterocycles. The normalized spacial score (nSPS) is 49.1. The van der Waals surface area contributed by atoms with Gasteiger partial charge in [0.1, 0.15) is 0 Å². The zero-order valence-electron chi connectivity index (χ0n) is 19.6. The number of rotatable bonds is 4. The molecular weight excluding hydrogens is 394 g/mol. The number of methoxy groups -OCH3 is 1. The molecule has 4 rings (SSSR count). The Morgan fingerprint density at radius 3 is 2.65 bits per heavy atom. The van der Waals surface area contributed by atoms with Crippen molar-refractivity contribution < 1.29 is 25.0 Å². The molecule has 0 aromatic rings. The van der Waals surface area contributed by atoms with Gasteiger partial charge in [0.05, 0.1) is 25.0 Å². The Bertz CT molecular complexity index is 725. The van der Waals surface area contributed by atoms with Crippen LogP contribution in [0.4, 0.5) is 0 Å². The predicted molar refractivity (Wildman–Crippen MR) is 118 cm³/mol. The van der Waals surface area contributed by atoms with E-state index < -0.39 is 0 Å². The van der Waals surface area contributed by atoms with Crippen molar-refractivity contribution in [3.63, 3.8) is 0 Å². The fourth-order valence-electron chi connectivity index (χ4n) is 8.70. The van der Waals surface area contributed by atoms with Crippen molar-refractivity contribution in [1.82, 2.24) is 0 Å². The SMILES string of the molecule is COC(=O)CCC(C)C1CCC2C3C(O)CC4CC(=NO)CCC4(C)C3CC(O)C12C. The largest absolute Gasteiger partial charge is 0.469 e. The fraction of sp³-hybridized carbons (Fsp3) is 0.920. The van der Waals surface area contributed by atoms with Crippen molar-refractivity contribution in [2.45, 2.75) is 90.8 Å². The molecule has 0 spiro atoms. The maximum atomic E-state index is 11.7. The third-order valence-corrected chi connectivity index (χ3v) is 10.6. The summed E-state index contributed by atoms with van der Waals surface area (Å²) in [5.41, 5.74) is 0.720. The molecular formula is C25H41NO5. The van der Waals surface area contributed by atoms with E-state index in [1.54, 1.807) is 0 Å². The van der Waals surface area contributed by atoms with E-state index in [4.69, 9.17) is 4.74 Å². The standard InChI is InChI=1S/C25H41NO5/c1-14(5-8-22(29)31-4)17-6-7-18-23-19(13-21(28)25(17,18)3)24(2)10-9-16(26-30)11-15(24)12-20(23)27/h14-15,17-21,23,27-28,30H,5-13H2,1-4H3. The molecule has 3 N–H and O–H groups in total. The van der Waals surface area contributed by atoms with Gasteiger partial charge in [0.25, 0.3) is 0 Å². The maximum absolute atomic E-state index is 11.7. The minimum absolute atomic E-state index is 0.0784. The van der Waals surface area contributed by atoms with E-state index in [0.29, 0.717) is 36.0 Å². The van der Waals surface area contributed by atoms with Gasteiger partial charge in [-0.2, -0.15) is 0 Å². The van der Waals surface area contributed by atoms with Gasteiger partial charge in [0.2, 0.25) is 0 Å². The van der Waals surface area contributed by atoms with Crippen LogP contribution in [0.5, 0.6) is 0 Å². The molecule has 10 unspecified atom stereocenters. The van der Waals surface area contributed by atoms with E-state index in [2.05, 4.69) is 25.9 Å². The van der Waals surface area contributed by atoms with Gasteiger partial charge in [-0.05, 0) is 97.7 Å². The first-order valence-electron chi connectivity index (χ1n) is 12.3. The van der Waals surface area contributed by atoms with Crippen molar-refractivity contribution in [3.8, 4) is 0 Å². The lowest BCUT2D eigenvalue weighted by molar-refractivity contribution is -0.196. The number of carbonyl (C=O) groups is 1. The Morgan fingerprint density at radius 1 is 1.23 bits per heavy atom. The number of hydrogen-bond acceptors (Lipinski definition) is 6. The van der Waals surface area contributed by atoms with Gasteiger partial charge in [-0.3, -0.25) is 4.79 Å². The zero-order valence-corrected chi connectivity index (χ0v) is 19.6. The smallest absolute Gasteiger partial charge is 0.305 e. The molecule has 176 valence electrons. The quantitative estimate of drug-likeness (QED) is 0.352. The number of oxime groups is 1. The molecule has 4 fully saturated rings. The van der Waals surface area contributed by atoms with Gasteiger partial charge in [-0.1, -0.05) is 25.9 Å². The average molecular weight is 436 g/mol. The van der Waals surface area contributed by atoms with Crippen LogP contribution in [-0.4, -0.2) is 46.4 Å². The van der Waals surface area contributed by atoms with E-state index in [-0.39, 0.29) is 34.9 Å². The van der Waals surface area contributed by atoms with Gasteiger partial charge in [0, 0.05) is 6.42 Å². The molecule has 4 aliphatic carbocycles. The number of hydrogen-bond donors (Lipinski definition) is 3. The lowest BCUT2D eigenvalue weighted by Crippen LogP contribution is -2.62. The number of ether oxygens (including phenoxy) is 1. The maximum Gasteiger partial charge on any atom is 0.305 e. The highest BCUT2D eigenvalue weighted by Crippen LogP contribution is 2.68. The Morgan fingerprint density at radius 2 is 1.97 bits per heavy atom. The van der Waals surface area contributed by atoms with E-state index in [1.807, 2.05) is 0 Å². The van der Waals surface area contributed by atoms with Crippen LogP contribution < -0.4 is 0 Å². The molecule has 0 saturated heterocycles. The molecule has 31 heavy (non-hydrogen) atoms. The molecule has 0 aliphatic heterocycles. The minimum Gasteiger partial charge on any atom is -0.469 e. The van der Waals surface area contributed by atoms with Crippen molar-refractivity contribution in [2.24, 2.45) is 51.5 Å². The van der Waals surface area contributed by atoms with Crippen molar-refractivity contribution >= 4 is 11.7 Å². The highest BCUT2D eigenvalue weighted by Gasteiger charge is 2.65. The summed E-state index contributed by atoms with van der Waals surface area (Å²) in [5, 5.41) is 35.7. The predicted octanol–water partition coefficient (Wildman–Crippen LogP) is 4.01. The first-order valence-corrected chi connectivity index (χ1v) is 12.3. The summed E-state index contributed by atoms with van der Waals surface area (Å²) < 4.78 is 4.83. The van der Waals surface area contributed by atoms with E-state index >= 15 is 0 Å². The molecule has 0 aromatic carbocycles. The summed E-state index contributed by atoms with van der Waals surface area (Å²) in [5.74, 6) is 1.68. The lowest BCUT2D eigenvalue weighted by Gasteiger charge is -2.63. The Hall–Kier alpha value is -1.14. The number of aliphatic hydroxyl groups is 2. The summed E-state index contributed by atoms with van der Waals surface area (Å²) in [6.45, 7) is 6.82. The van der Waals surface area contributed by atoms with Crippen LogP contribution in [-0.2, 0) is 9.53 Å². The van der Waals surface area contributed by atoms with Crippen molar-refractivity contribution in [3.05, 3.63) is 0 Å². The van der Waals surface area contributed by atoms with Gasteiger partial charge in [0.15, 0.2) is 0 Å². The average Bonchev–Trinajstić information content (AvgIpc) is 3.11. The topological polar surface area (TPSA) is 99.4 Å². The van der Waals surface area contributed by atoms with Crippen LogP contribution in [0.15, 0.2) is 5.16 Å². The molecule has 0 bridgehead atoms. The first kappa shape index (κ1) is 23.0. The first-order chi connectivity index (χ1) is 14.7. The van der Waals surface area contributed by atoms with Gasteiger partial charge in [-0.25, -0.2) is 0 Å². The molecule has 0 amide bonds. The van der Waals surface area contributed by atoms with Crippen LogP contribution in [0.1, 0.15) is 78.6 Å². The summed E-state index contributed by atoms with van der Waals surface area (Å²) in [7, 11) is 1.43. The van der Waals surface area contributed by atoms with Gasteiger partial charge >= 0.3 is 5.97 Å². The molecule has 6 nitrogen and oxygen atoms in total. The second-order valence-corrected chi connectivity index (χ2v) is 11.6. The zero-order chi connectivity index (χ0) is 22.6. The molecule has 0 radical (unpaired) electrons. The van der Waals surface area contributed by atoms with Gasteiger partial charge < -0.3 is 20.2 Å². The minimum atomic E-state index is -0.387. The Balaban J connectivity index is 1.58. The highest BCUT2D eigenvalue weighted by atomic mass is 16.5. The van der Waals surface area contributed by atoms with E-state index in [0.717, 1.165) is 57.1 Å². The monoisotopic (exact) mass is 435 g/mol. The second-order valence-electron chi connectivity index (χ2n) is 11.6. The second kappa shape index (κ2) is 8.33. The molecule has 10 atom stereocenters. The van der Waals surface area contributed by atoms with Crippen molar-refractivity contribution in [2.75, 3.05) is 7.11 Å². The Kier molecular flexibility index (Phi) is 6.19. The van der Waals surface area contributed by atoms with Crippen LogP contribution in [0.25, 0.3) is 0 Å². The van der Waals surface area contributed by atoms with Gasteiger partial charge in [-0.15, -0.1) is 0 Å². The molecule has 6 heteroatoms. The summed E-state index contributed by atoms with van der Waals surface area (Å²) in [6, 6.07) is 0. The summed E-state index contributed by atoms with van der Waals surface area (Å²) in [6.07, 6.45) is 6.62. The van der Waals surface area contributed by atoms with Crippen LogP contribution in [0.3, 0.4) is 0 Å². The van der Waals surface area contributed by atoms with E-state index in [1.165, 1.54) is 7.11 Å². The van der Waals surface area contributed by atoms with Crippen LogP contribution in [0.2, 0.25) is 0 Å². The third kappa shape index (κ3) is 3.52. The van der Waals surface area contributed by atoms with E-state index in [9.17, 15) is 20.2 Å². The summed E-state index contributed by atoms with van der Waals surface area (Å²) >= 11 is 0. The van der Waals surface area contributed by atoms with Crippen molar-refractivity contribution in [1.29, 1.82) is 0 Å². The number of aliphatic hydroxyl groups excluding tert-OH is 2. The summed E-state index contributed by atoms with van der Waals surface area (Å²) in [4.78, 5) is 11.7.